The van der Waals surface area contributed by atoms with Crippen LogP contribution in [0.15, 0.2) is 71.8 Å². The van der Waals surface area contributed by atoms with E-state index >= 15 is 0 Å². The molecule has 5 heteroatoms. The minimum Gasteiger partial charge on any atom is -0.483 e. The average molecular weight is 508 g/mol. The van der Waals surface area contributed by atoms with Crippen LogP contribution < -0.4 is 10.2 Å². The third kappa shape index (κ3) is 4.31. The molecule has 0 radical (unpaired) electrons. The molecule has 0 bridgehead atoms. The van der Waals surface area contributed by atoms with E-state index in [1.54, 1.807) is 6.21 Å². The summed E-state index contributed by atoms with van der Waals surface area (Å²) in [6.07, 6.45) is 1.71. The molecule has 30 heavy (non-hydrogen) atoms. The van der Waals surface area contributed by atoms with Gasteiger partial charge in [-0.1, -0.05) is 48.5 Å². The van der Waals surface area contributed by atoms with Crippen LogP contribution >= 0.6 is 22.6 Å². The van der Waals surface area contributed by atoms with E-state index in [4.69, 9.17) is 4.74 Å². The van der Waals surface area contributed by atoms with Crippen molar-refractivity contribution in [2.45, 2.75) is 13.8 Å². The summed E-state index contributed by atoms with van der Waals surface area (Å²) in [7, 11) is 0. The van der Waals surface area contributed by atoms with Crippen LogP contribution in [0, 0.1) is 17.4 Å². The second-order valence-corrected chi connectivity index (χ2v) is 8.43. The van der Waals surface area contributed by atoms with Gasteiger partial charge in [-0.05, 0) is 87.3 Å². The summed E-state index contributed by atoms with van der Waals surface area (Å²) >= 11 is 2.27. The van der Waals surface area contributed by atoms with Gasteiger partial charge in [-0.2, -0.15) is 5.10 Å². The van der Waals surface area contributed by atoms with Crippen LogP contribution in [0.4, 0.5) is 0 Å². The molecule has 0 saturated heterocycles. The number of nitrogens with one attached hydrogen (secondary N) is 1. The average Bonchev–Trinajstić information content (AvgIpc) is 2.72. The largest absolute Gasteiger partial charge is 0.483 e. The van der Waals surface area contributed by atoms with Crippen LogP contribution in [-0.2, 0) is 4.79 Å². The van der Waals surface area contributed by atoms with Crippen LogP contribution in [0.3, 0.4) is 0 Å². The van der Waals surface area contributed by atoms with Crippen LogP contribution in [0.5, 0.6) is 5.75 Å². The lowest BCUT2D eigenvalue weighted by atomic mass is 9.97. The van der Waals surface area contributed by atoms with Gasteiger partial charge < -0.3 is 4.74 Å². The second kappa shape index (κ2) is 8.83. The Kier molecular flexibility index (Phi) is 5.99. The summed E-state index contributed by atoms with van der Waals surface area (Å²) in [5, 5.41) is 8.67. The number of fused-ring (bicyclic) bond motifs is 2. The van der Waals surface area contributed by atoms with E-state index in [1.165, 1.54) is 0 Å². The molecule has 1 N–H and O–H groups in total. The molecule has 4 aromatic rings. The van der Waals surface area contributed by atoms with Crippen molar-refractivity contribution in [2.24, 2.45) is 5.10 Å². The first-order valence-corrected chi connectivity index (χ1v) is 10.7. The normalized spacial score (nSPS) is 11.3. The zero-order valence-electron chi connectivity index (χ0n) is 16.8. The van der Waals surface area contributed by atoms with Crippen molar-refractivity contribution >= 4 is 56.3 Å². The molecule has 0 aromatic heterocycles. The van der Waals surface area contributed by atoms with Gasteiger partial charge in [0.2, 0.25) is 0 Å². The number of hydrogen-bond acceptors (Lipinski definition) is 3. The highest BCUT2D eigenvalue weighted by atomic mass is 127. The Hall–Kier alpha value is -2.93. The van der Waals surface area contributed by atoms with Gasteiger partial charge in [-0.25, -0.2) is 5.43 Å². The molecule has 4 aromatic carbocycles. The minimum absolute atomic E-state index is 0.0874. The quantitative estimate of drug-likeness (QED) is 0.162. The number of hydrazone groups is 1. The highest BCUT2D eigenvalue weighted by Crippen LogP contribution is 2.27. The maximum atomic E-state index is 12.3. The lowest BCUT2D eigenvalue weighted by molar-refractivity contribution is -0.123. The molecule has 0 spiro atoms. The Morgan fingerprint density at radius 2 is 1.53 bits per heavy atom. The Morgan fingerprint density at radius 1 is 0.967 bits per heavy atom. The third-order valence-corrected chi connectivity index (χ3v) is 5.59. The van der Waals surface area contributed by atoms with Crippen molar-refractivity contribution in [2.75, 3.05) is 6.61 Å². The number of ether oxygens (including phenoxy) is 1. The number of nitrogens with zero attached hydrogens (tertiary/aromatic N) is 1. The lowest BCUT2D eigenvalue weighted by Crippen LogP contribution is -2.25. The maximum absolute atomic E-state index is 12.3. The number of halogens is 1. The predicted molar refractivity (Wildman–Crippen MR) is 131 cm³/mol. The van der Waals surface area contributed by atoms with Crippen molar-refractivity contribution in [3.8, 4) is 5.75 Å². The fourth-order valence-corrected chi connectivity index (χ4v) is 4.59. The summed E-state index contributed by atoms with van der Waals surface area (Å²) < 4.78 is 6.88. The van der Waals surface area contributed by atoms with Crippen molar-refractivity contribution in [1.82, 2.24) is 5.43 Å². The highest BCUT2D eigenvalue weighted by molar-refractivity contribution is 14.1. The Morgan fingerprint density at radius 3 is 2.13 bits per heavy atom. The first-order valence-electron chi connectivity index (χ1n) is 9.65. The fraction of sp³-hybridized carbons (Fsp3) is 0.120. The molecule has 4 rings (SSSR count). The molecule has 150 valence electrons. The van der Waals surface area contributed by atoms with E-state index in [-0.39, 0.29) is 12.5 Å². The van der Waals surface area contributed by atoms with Gasteiger partial charge in [0.1, 0.15) is 5.75 Å². The Labute approximate surface area is 189 Å². The molecule has 1 amide bonds. The van der Waals surface area contributed by atoms with E-state index in [9.17, 15) is 4.79 Å². The summed E-state index contributed by atoms with van der Waals surface area (Å²) in [5.74, 6) is 0.447. The summed E-state index contributed by atoms with van der Waals surface area (Å²) in [6, 6.07) is 22.6. The Balaban J connectivity index is 1.52. The third-order valence-electron chi connectivity index (χ3n) is 4.97. The fourth-order valence-electron chi connectivity index (χ4n) is 3.65. The lowest BCUT2D eigenvalue weighted by Gasteiger charge is -2.12. The van der Waals surface area contributed by atoms with Crippen molar-refractivity contribution in [3.05, 3.63) is 87.0 Å². The second-order valence-electron chi connectivity index (χ2n) is 7.18. The summed E-state index contributed by atoms with van der Waals surface area (Å²) in [6.45, 7) is 3.87. The monoisotopic (exact) mass is 508 g/mol. The molecule has 0 fully saturated rings. The molecule has 0 atom stereocenters. The van der Waals surface area contributed by atoms with Gasteiger partial charge in [-0.15, -0.1) is 0 Å². The van der Waals surface area contributed by atoms with Crippen LogP contribution in [0.25, 0.3) is 21.5 Å². The molecular weight excluding hydrogens is 487 g/mol. The number of hydrogen-bond donors (Lipinski definition) is 1. The molecular formula is C25H21IN2O2. The smallest absolute Gasteiger partial charge is 0.277 e. The first kappa shape index (κ1) is 20.3. The van der Waals surface area contributed by atoms with Crippen molar-refractivity contribution in [1.29, 1.82) is 0 Å². The molecule has 0 heterocycles. The summed E-state index contributed by atoms with van der Waals surface area (Å²) in [4.78, 5) is 12.3. The van der Waals surface area contributed by atoms with Gasteiger partial charge in [0.05, 0.1) is 6.21 Å². The number of carbonyl (C=O) groups is 1. The van der Waals surface area contributed by atoms with Crippen LogP contribution in [-0.4, -0.2) is 18.7 Å². The molecule has 4 nitrogen and oxygen atoms in total. The van der Waals surface area contributed by atoms with Gasteiger partial charge in [-0.3, -0.25) is 4.79 Å². The standard InChI is InChI=1S/C25H21IN2O2/c1-16-11-20(26)12-17(2)25(16)30-15-24(29)28-27-14-23-21-9-5-3-7-18(21)13-19-8-4-6-10-22(19)23/h3-14H,15H2,1-2H3,(H,28,29). The maximum Gasteiger partial charge on any atom is 0.277 e. The van der Waals surface area contributed by atoms with E-state index in [0.29, 0.717) is 0 Å². The van der Waals surface area contributed by atoms with Crippen molar-refractivity contribution in [3.63, 3.8) is 0 Å². The number of benzene rings is 4. The van der Waals surface area contributed by atoms with E-state index in [2.05, 4.69) is 63.4 Å². The van der Waals surface area contributed by atoms with E-state index in [0.717, 1.165) is 47.6 Å². The molecule has 0 aliphatic rings. The first-order chi connectivity index (χ1) is 14.5. The highest BCUT2D eigenvalue weighted by Gasteiger charge is 2.09. The predicted octanol–water partition coefficient (Wildman–Crippen LogP) is 5.74. The Bertz CT molecular complexity index is 1200. The number of rotatable bonds is 5. The number of aryl methyl sites for hydroxylation is 2. The number of carbonyl (C=O) groups excluding carboxylic acids is 1. The summed E-state index contributed by atoms with van der Waals surface area (Å²) in [5.41, 5.74) is 5.59. The number of amides is 1. The molecule has 0 unspecified atom stereocenters. The zero-order valence-corrected chi connectivity index (χ0v) is 18.9. The van der Waals surface area contributed by atoms with Crippen LogP contribution in [0.2, 0.25) is 0 Å². The molecule has 0 aliphatic heterocycles. The van der Waals surface area contributed by atoms with Crippen molar-refractivity contribution < 1.29 is 9.53 Å². The van der Waals surface area contributed by atoms with Gasteiger partial charge >= 0.3 is 0 Å². The minimum atomic E-state index is -0.298. The van der Waals surface area contributed by atoms with E-state index < -0.39 is 0 Å². The molecule has 0 aliphatic carbocycles. The van der Waals surface area contributed by atoms with Gasteiger partial charge in [0.15, 0.2) is 6.61 Å². The topological polar surface area (TPSA) is 50.7 Å². The van der Waals surface area contributed by atoms with Gasteiger partial charge in [0, 0.05) is 9.13 Å². The molecule has 0 saturated carbocycles. The SMILES string of the molecule is Cc1cc(I)cc(C)c1OCC(=O)NN=Cc1c2ccccc2cc2ccccc12. The van der Waals surface area contributed by atoms with Crippen LogP contribution in [0.1, 0.15) is 16.7 Å². The zero-order chi connectivity index (χ0) is 21.1. The van der Waals surface area contributed by atoms with E-state index in [1.807, 2.05) is 50.2 Å². The van der Waals surface area contributed by atoms with Gasteiger partial charge in [0.25, 0.3) is 5.91 Å².